The first-order valence-corrected chi connectivity index (χ1v) is 7.12. The molecule has 130 valence electrons. The van der Waals surface area contributed by atoms with Gasteiger partial charge in [0.05, 0.1) is 6.54 Å². The highest BCUT2D eigenvalue weighted by Crippen LogP contribution is 2.23. The van der Waals surface area contributed by atoms with Crippen LogP contribution in [-0.2, 0) is 6.54 Å². The van der Waals surface area contributed by atoms with E-state index in [1.54, 1.807) is 12.1 Å². The number of nitrogens with one attached hydrogen (secondary N) is 1. The number of halogens is 3. The minimum Gasteiger partial charge on any atom is -0.434 e. The molecule has 0 aromatic heterocycles. The zero-order valence-corrected chi connectivity index (χ0v) is 15.8. The van der Waals surface area contributed by atoms with E-state index in [9.17, 15) is 8.78 Å². The predicted molar refractivity (Wildman–Crippen MR) is 103 cm³/mol. The molecule has 0 aliphatic carbocycles. The summed E-state index contributed by atoms with van der Waals surface area (Å²) in [4.78, 5) is 4.19. The van der Waals surface area contributed by atoms with Crippen molar-refractivity contribution in [2.45, 2.75) is 27.0 Å². The van der Waals surface area contributed by atoms with Gasteiger partial charge in [-0.1, -0.05) is 29.8 Å². The Labute approximate surface area is 157 Å². The number of hydrogen-bond donors (Lipinski definition) is 2. The Bertz CT molecular complexity index is 708. The maximum atomic E-state index is 12.4. The molecule has 24 heavy (non-hydrogen) atoms. The summed E-state index contributed by atoms with van der Waals surface area (Å²) < 4.78 is 29.4. The van der Waals surface area contributed by atoms with Gasteiger partial charge in [-0.2, -0.15) is 8.78 Å². The van der Waals surface area contributed by atoms with Crippen molar-refractivity contribution in [2.75, 3.05) is 5.32 Å². The summed E-state index contributed by atoms with van der Waals surface area (Å²) in [5.41, 5.74) is 9.24. The molecule has 3 N–H and O–H groups in total. The van der Waals surface area contributed by atoms with Crippen LogP contribution in [-0.4, -0.2) is 12.6 Å². The smallest absolute Gasteiger partial charge is 0.387 e. The number of alkyl halides is 2. The molecule has 2 aromatic carbocycles. The topological polar surface area (TPSA) is 59.6 Å². The first kappa shape index (κ1) is 20.1. The standard InChI is InChI=1S/C17H19F2N3O.HI/c1-11-4-3-5-14(9-11)22-17(20)21-10-13-8-12(2)6-7-15(13)23-16(18)19;/h3-9,16H,10H2,1-2H3,(H3,20,21,22);1H. The van der Waals surface area contributed by atoms with Crippen LogP contribution >= 0.6 is 24.0 Å². The van der Waals surface area contributed by atoms with Crippen LogP contribution < -0.4 is 15.8 Å². The van der Waals surface area contributed by atoms with Crippen molar-refractivity contribution in [1.82, 2.24) is 0 Å². The maximum Gasteiger partial charge on any atom is 0.387 e. The Morgan fingerprint density at radius 1 is 1.17 bits per heavy atom. The first-order chi connectivity index (χ1) is 10.9. The van der Waals surface area contributed by atoms with E-state index in [0.717, 1.165) is 16.8 Å². The molecule has 0 heterocycles. The molecule has 0 radical (unpaired) electrons. The van der Waals surface area contributed by atoms with Crippen molar-refractivity contribution in [3.05, 3.63) is 59.2 Å². The van der Waals surface area contributed by atoms with Crippen LogP contribution in [0.25, 0.3) is 0 Å². The number of aryl methyl sites for hydroxylation is 2. The Balaban J connectivity index is 0.00000288. The van der Waals surface area contributed by atoms with Crippen molar-refractivity contribution in [1.29, 1.82) is 0 Å². The molecule has 0 saturated carbocycles. The van der Waals surface area contributed by atoms with Gasteiger partial charge in [-0.3, -0.25) is 0 Å². The first-order valence-electron chi connectivity index (χ1n) is 7.12. The molecule has 2 aromatic rings. The second-order valence-corrected chi connectivity index (χ2v) is 5.19. The predicted octanol–water partition coefficient (Wildman–Crippen LogP) is 4.45. The van der Waals surface area contributed by atoms with Crippen LogP contribution in [0.3, 0.4) is 0 Å². The van der Waals surface area contributed by atoms with E-state index in [4.69, 9.17) is 5.73 Å². The molecule has 0 bridgehead atoms. The summed E-state index contributed by atoms with van der Waals surface area (Å²) in [7, 11) is 0. The molecule has 0 aliphatic rings. The van der Waals surface area contributed by atoms with E-state index in [1.165, 1.54) is 6.07 Å². The Morgan fingerprint density at radius 2 is 1.88 bits per heavy atom. The van der Waals surface area contributed by atoms with Crippen LogP contribution in [0.4, 0.5) is 14.5 Å². The van der Waals surface area contributed by atoms with E-state index in [-0.39, 0.29) is 42.2 Å². The van der Waals surface area contributed by atoms with Crippen LogP contribution in [0.1, 0.15) is 16.7 Å². The second kappa shape index (κ2) is 9.41. The van der Waals surface area contributed by atoms with Crippen LogP contribution in [0.2, 0.25) is 0 Å². The van der Waals surface area contributed by atoms with E-state index in [0.29, 0.717) is 5.56 Å². The van der Waals surface area contributed by atoms with E-state index in [2.05, 4.69) is 15.0 Å². The van der Waals surface area contributed by atoms with Gasteiger partial charge in [0.2, 0.25) is 0 Å². The molecule has 4 nitrogen and oxygen atoms in total. The summed E-state index contributed by atoms with van der Waals surface area (Å²) in [6.07, 6.45) is 0. The minimum atomic E-state index is -2.87. The number of guanidine groups is 1. The molecular weight excluding hydrogens is 427 g/mol. The third kappa shape index (κ3) is 6.31. The monoisotopic (exact) mass is 447 g/mol. The van der Waals surface area contributed by atoms with Gasteiger partial charge in [-0.25, -0.2) is 4.99 Å². The highest BCUT2D eigenvalue weighted by atomic mass is 127. The SMILES string of the molecule is Cc1cccc(NC(N)=NCc2cc(C)ccc2OC(F)F)c1.I. The van der Waals surface area contributed by atoms with Crippen molar-refractivity contribution < 1.29 is 13.5 Å². The number of benzene rings is 2. The lowest BCUT2D eigenvalue weighted by Gasteiger charge is -2.11. The number of rotatable bonds is 5. The number of aliphatic imine (C=N–C) groups is 1. The molecule has 0 spiro atoms. The Morgan fingerprint density at radius 3 is 2.54 bits per heavy atom. The molecule has 2 rings (SSSR count). The average molecular weight is 447 g/mol. The van der Waals surface area contributed by atoms with Crippen LogP contribution in [0, 0.1) is 13.8 Å². The normalized spacial score (nSPS) is 11.1. The molecule has 0 unspecified atom stereocenters. The van der Waals surface area contributed by atoms with Gasteiger partial charge in [0.25, 0.3) is 0 Å². The lowest BCUT2D eigenvalue weighted by molar-refractivity contribution is -0.0504. The zero-order valence-electron chi connectivity index (χ0n) is 13.4. The summed E-state index contributed by atoms with van der Waals surface area (Å²) >= 11 is 0. The summed E-state index contributed by atoms with van der Waals surface area (Å²) in [5, 5.41) is 2.97. The van der Waals surface area contributed by atoms with Gasteiger partial charge >= 0.3 is 6.61 Å². The van der Waals surface area contributed by atoms with E-state index in [1.807, 2.05) is 38.1 Å². The maximum absolute atomic E-state index is 12.4. The van der Waals surface area contributed by atoms with Gasteiger partial charge in [0, 0.05) is 11.3 Å². The van der Waals surface area contributed by atoms with E-state index < -0.39 is 6.61 Å². The van der Waals surface area contributed by atoms with Crippen LogP contribution in [0.5, 0.6) is 5.75 Å². The van der Waals surface area contributed by atoms with Gasteiger partial charge in [0.1, 0.15) is 5.75 Å². The number of nitrogens with zero attached hydrogens (tertiary/aromatic N) is 1. The van der Waals surface area contributed by atoms with Crippen molar-refractivity contribution >= 4 is 35.6 Å². The molecular formula is C17H20F2IN3O. The fraction of sp³-hybridized carbons (Fsp3) is 0.235. The molecule has 0 saturated heterocycles. The number of ether oxygens (including phenoxy) is 1. The largest absolute Gasteiger partial charge is 0.434 e. The summed E-state index contributed by atoms with van der Waals surface area (Å²) in [6.45, 7) is 1.12. The number of anilines is 1. The third-order valence-electron chi connectivity index (χ3n) is 3.14. The summed E-state index contributed by atoms with van der Waals surface area (Å²) in [5.74, 6) is 0.317. The summed E-state index contributed by atoms with van der Waals surface area (Å²) in [6, 6.07) is 12.6. The molecule has 0 amide bonds. The van der Waals surface area contributed by atoms with Gasteiger partial charge in [-0.05, 0) is 37.6 Å². The fourth-order valence-electron chi connectivity index (χ4n) is 2.12. The fourth-order valence-corrected chi connectivity index (χ4v) is 2.12. The average Bonchev–Trinajstić information content (AvgIpc) is 2.47. The third-order valence-corrected chi connectivity index (χ3v) is 3.14. The number of nitrogens with two attached hydrogens (primary N) is 1. The molecule has 0 atom stereocenters. The quantitative estimate of drug-likeness (QED) is 0.405. The molecule has 7 heteroatoms. The van der Waals surface area contributed by atoms with Crippen molar-refractivity contribution in [3.8, 4) is 5.75 Å². The highest BCUT2D eigenvalue weighted by Gasteiger charge is 2.09. The van der Waals surface area contributed by atoms with Gasteiger partial charge in [0.15, 0.2) is 5.96 Å². The van der Waals surface area contributed by atoms with Crippen molar-refractivity contribution in [2.24, 2.45) is 10.7 Å². The van der Waals surface area contributed by atoms with Crippen LogP contribution in [0.15, 0.2) is 47.5 Å². The van der Waals surface area contributed by atoms with Gasteiger partial charge < -0.3 is 15.8 Å². The van der Waals surface area contributed by atoms with Crippen molar-refractivity contribution in [3.63, 3.8) is 0 Å². The van der Waals surface area contributed by atoms with Gasteiger partial charge in [-0.15, -0.1) is 24.0 Å². The molecule has 0 aliphatic heterocycles. The lowest BCUT2D eigenvalue weighted by atomic mass is 10.1. The lowest BCUT2D eigenvalue weighted by Crippen LogP contribution is -2.22. The highest BCUT2D eigenvalue weighted by molar-refractivity contribution is 14.0. The minimum absolute atomic E-state index is 0. The number of hydrogen-bond acceptors (Lipinski definition) is 2. The Hall–Kier alpha value is -1.90. The zero-order chi connectivity index (χ0) is 16.8. The van der Waals surface area contributed by atoms with E-state index >= 15 is 0 Å². The molecule has 0 fully saturated rings. The Kier molecular flexibility index (Phi) is 7.90. The second-order valence-electron chi connectivity index (χ2n) is 5.19.